The highest BCUT2D eigenvalue weighted by Gasteiger charge is 2.10. The zero-order valence-electron chi connectivity index (χ0n) is 8.84. The van der Waals surface area contributed by atoms with Gasteiger partial charge in [-0.05, 0) is 31.5 Å². The lowest BCUT2D eigenvalue weighted by Gasteiger charge is -2.08. The maximum Gasteiger partial charge on any atom is 0.252 e. The number of aliphatic hydroxyl groups excluding tert-OH is 1. The smallest absolute Gasteiger partial charge is 0.252 e. The van der Waals surface area contributed by atoms with Gasteiger partial charge in [-0.15, -0.1) is 0 Å². The van der Waals surface area contributed by atoms with Crippen molar-refractivity contribution in [1.82, 2.24) is 5.32 Å². The summed E-state index contributed by atoms with van der Waals surface area (Å²) in [7, 11) is 0. The van der Waals surface area contributed by atoms with Crippen LogP contribution in [0.25, 0.3) is 0 Å². The predicted octanol–water partition coefficient (Wildman–Crippen LogP) is 2.49. The van der Waals surface area contributed by atoms with Gasteiger partial charge < -0.3 is 10.4 Å². The van der Waals surface area contributed by atoms with Crippen molar-refractivity contribution in [1.29, 1.82) is 0 Å². The third-order valence-electron chi connectivity index (χ3n) is 2.02. The van der Waals surface area contributed by atoms with E-state index in [1.165, 1.54) is 6.07 Å². The van der Waals surface area contributed by atoms with E-state index < -0.39 is 6.10 Å². The molecule has 0 heterocycles. The van der Waals surface area contributed by atoms with Crippen LogP contribution in [0.1, 0.15) is 23.7 Å². The lowest BCUT2D eigenvalue weighted by Crippen LogP contribution is -2.26. The Bertz CT molecular complexity index is 380. The highest BCUT2D eigenvalue weighted by atomic mass is 35.5. The van der Waals surface area contributed by atoms with Gasteiger partial charge in [0.2, 0.25) is 0 Å². The molecule has 1 rings (SSSR count). The monoisotopic (exact) mass is 261 g/mol. The fourth-order valence-electron chi connectivity index (χ4n) is 1.16. The number of rotatable bonds is 4. The average Bonchev–Trinajstić information content (AvgIpc) is 2.16. The first kappa shape index (κ1) is 13.3. The third-order valence-corrected chi connectivity index (χ3v) is 2.57. The van der Waals surface area contributed by atoms with Crippen LogP contribution in [0.15, 0.2) is 18.2 Å². The Morgan fingerprint density at radius 3 is 2.75 bits per heavy atom. The molecular weight excluding hydrogens is 249 g/mol. The van der Waals surface area contributed by atoms with E-state index in [1.54, 1.807) is 19.1 Å². The summed E-state index contributed by atoms with van der Waals surface area (Å²) in [6.45, 7) is 2.08. The normalized spacial score (nSPS) is 12.2. The summed E-state index contributed by atoms with van der Waals surface area (Å²) in [4.78, 5) is 11.6. The summed E-state index contributed by atoms with van der Waals surface area (Å²) in [5.74, 6) is -0.262. The molecule has 1 aromatic carbocycles. The van der Waals surface area contributed by atoms with Crippen molar-refractivity contribution in [3.63, 3.8) is 0 Å². The molecule has 1 amide bonds. The fourth-order valence-corrected chi connectivity index (χ4v) is 1.66. The van der Waals surface area contributed by atoms with Crippen LogP contribution in [0.5, 0.6) is 0 Å². The van der Waals surface area contributed by atoms with Gasteiger partial charge in [-0.3, -0.25) is 4.79 Å². The lowest BCUT2D eigenvalue weighted by molar-refractivity contribution is 0.0946. The Morgan fingerprint density at radius 1 is 1.50 bits per heavy atom. The minimum atomic E-state index is -0.430. The van der Waals surface area contributed by atoms with Crippen LogP contribution in [0, 0.1) is 0 Å². The van der Waals surface area contributed by atoms with E-state index in [-0.39, 0.29) is 5.91 Å². The maximum atomic E-state index is 11.6. The average molecular weight is 262 g/mol. The molecule has 2 N–H and O–H groups in total. The molecular formula is C11H13Cl2NO2. The Morgan fingerprint density at radius 2 is 2.19 bits per heavy atom. The summed E-state index contributed by atoms with van der Waals surface area (Å²) in [6.07, 6.45) is 0.0812. The van der Waals surface area contributed by atoms with Gasteiger partial charge >= 0.3 is 0 Å². The van der Waals surface area contributed by atoms with Crippen LogP contribution < -0.4 is 5.32 Å². The number of nitrogens with one attached hydrogen (secondary N) is 1. The number of benzene rings is 1. The highest BCUT2D eigenvalue weighted by Crippen LogP contribution is 2.20. The largest absolute Gasteiger partial charge is 0.393 e. The number of aliphatic hydroxyl groups is 1. The van der Waals surface area contributed by atoms with E-state index in [1.807, 2.05) is 0 Å². The second kappa shape index (κ2) is 6.09. The molecule has 0 aliphatic heterocycles. The van der Waals surface area contributed by atoms with Crippen LogP contribution in [0.2, 0.25) is 10.0 Å². The van der Waals surface area contributed by atoms with Crippen molar-refractivity contribution in [2.75, 3.05) is 6.54 Å². The van der Waals surface area contributed by atoms with Gasteiger partial charge in [0.1, 0.15) is 0 Å². The van der Waals surface area contributed by atoms with Crippen molar-refractivity contribution < 1.29 is 9.90 Å². The van der Waals surface area contributed by atoms with Crippen molar-refractivity contribution in [3.05, 3.63) is 33.8 Å². The summed E-state index contributed by atoms with van der Waals surface area (Å²) >= 11 is 11.6. The molecule has 0 spiro atoms. The second-order valence-corrected chi connectivity index (χ2v) is 4.36. The number of carbonyl (C=O) groups is 1. The minimum Gasteiger partial charge on any atom is -0.393 e. The van der Waals surface area contributed by atoms with Gasteiger partial charge in [0, 0.05) is 11.6 Å². The van der Waals surface area contributed by atoms with Crippen molar-refractivity contribution >= 4 is 29.1 Å². The molecule has 0 aliphatic carbocycles. The topological polar surface area (TPSA) is 49.3 Å². The van der Waals surface area contributed by atoms with Gasteiger partial charge in [0.05, 0.1) is 16.7 Å². The summed E-state index contributed by atoms with van der Waals surface area (Å²) < 4.78 is 0. The molecule has 0 saturated heterocycles. The van der Waals surface area contributed by atoms with Crippen molar-refractivity contribution in [2.45, 2.75) is 19.4 Å². The van der Waals surface area contributed by atoms with Crippen LogP contribution >= 0.6 is 23.2 Å². The van der Waals surface area contributed by atoms with Crippen molar-refractivity contribution in [3.8, 4) is 0 Å². The van der Waals surface area contributed by atoms with Gasteiger partial charge in [-0.25, -0.2) is 0 Å². The highest BCUT2D eigenvalue weighted by molar-refractivity contribution is 6.36. The molecule has 3 nitrogen and oxygen atoms in total. The number of halogens is 2. The molecule has 0 bridgehead atoms. The molecule has 1 atom stereocenters. The summed E-state index contributed by atoms with van der Waals surface area (Å²) in [5.41, 5.74) is 0.386. The summed E-state index contributed by atoms with van der Waals surface area (Å²) in [5, 5.41) is 12.5. The van der Waals surface area contributed by atoms with E-state index in [0.29, 0.717) is 28.6 Å². The van der Waals surface area contributed by atoms with Crippen LogP contribution in [-0.4, -0.2) is 23.7 Å². The zero-order valence-corrected chi connectivity index (χ0v) is 10.3. The first-order chi connectivity index (χ1) is 7.50. The third kappa shape index (κ3) is 4.00. The molecule has 16 heavy (non-hydrogen) atoms. The van der Waals surface area contributed by atoms with E-state index in [4.69, 9.17) is 28.3 Å². The number of amides is 1. The van der Waals surface area contributed by atoms with Crippen molar-refractivity contribution in [2.24, 2.45) is 0 Å². The predicted molar refractivity (Wildman–Crippen MR) is 65.1 cm³/mol. The Labute approximate surface area is 104 Å². The quantitative estimate of drug-likeness (QED) is 0.875. The maximum absolute atomic E-state index is 11.6. The van der Waals surface area contributed by atoms with Gasteiger partial charge in [-0.1, -0.05) is 23.2 Å². The first-order valence-corrected chi connectivity index (χ1v) is 5.67. The van der Waals surface area contributed by atoms with E-state index in [9.17, 15) is 4.79 Å². The Hall–Kier alpha value is -0.770. The van der Waals surface area contributed by atoms with E-state index in [0.717, 1.165) is 0 Å². The van der Waals surface area contributed by atoms with Gasteiger partial charge in [0.15, 0.2) is 0 Å². The number of hydrogen-bond acceptors (Lipinski definition) is 2. The standard InChI is InChI=1S/C11H13Cl2NO2/c1-7(15)4-5-14-11(16)9-3-2-8(12)6-10(9)13/h2-3,6-7,15H,4-5H2,1H3,(H,14,16). The second-order valence-electron chi connectivity index (χ2n) is 3.52. The van der Waals surface area contributed by atoms with Crippen LogP contribution in [0.3, 0.4) is 0 Å². The SMILES string of the molecule is CC(O)CCNC(=O)c1ccc(Cl)cc1Cl. The molecule has 0 aromatic heterocycles. The zero-order chi connectivity index (χ0) is 12.1. The molecule has 0 aliphatic rings. The van der Waals surface area contributed by atoms with Crippen LogP contribution in [0.4, 0.5) is 0 Å². The Balaban J connectivity index is 2.59. The molecule has 0 radical (unpaired) electrons. The minimum absolute atomic E-state index is 0.262. The summed E-state index contributed by atoms with van der Waals surface area (Å²) in [6, 6.07) is 4.70. The Kier molecular flexibility index (Phi) is 5.06. The molecule has 5 heteroatoms. The first-order valence-electron chi connectivity index (χ1n) is 4.92. The number of hydrogen-bond donors (Lipinski definition) is 2. The molecule has 88 valence electrons. The number of carbonyl (C=O) groups excluding carboxylic acids is 1. The molecule has 0 saturated carbocycles. The van der Waals surface area contributed by atoms with Gasteiger partial charge in [-0.2, -0.15) is 0 Å². The van der Waals surface area contributed by atoms with Gasteiger partial charge in [0.25, 0.3) is 5.91 Å². The van der Waals surface area contributed by atoms with E-state index >= 15 is 0 Å². The molecule has 1 unspecified atom stereocenters. The molecule has 0 fully saturated rings. The molecule has 1 aromatic rings. The van der Waals surface area contributed by atoms with Crippen LogP contribution in [-0.2, 0) is 0 Å². The lowest BCUT2D eigenvalue weighted by atomic mass is 10.2. The van der Waals surface area contributed by atoms with E-state index in [2.05, 4.69) is 5.32 Å². The fraction of sp³-hybridized carbons (Fsp3) is 0.364.